The number of carbonyl (C=O) groups excluding carboxylic acids is 3. The molecule has 1 N–H and O–H groups in total. The van der Waals surface area contributed by atoms with Gasteiger partial charge in [-0.3, -0.25) is 14.4 Å². The van der Waals surface area contributed by atoms with Crippen molar-refractivity contribution >= 4 is 29.5 Å². The number of hydrogen-bond donors (Lipinski definition) is 1. The summed E-state index contributed by atoms with van der Waals surface area (Å²) in [6.45, 7) is 21.5. The van der Waals surface area contributed by atoms with Gasteiger partial charge in [0.15, 0.2) is 0 Å². The molecule has 2 aromatic carbocycles. The zero-order valence-electron chi connectivity index (χ0n) is 29.5. The van der Waals surface area contributed by atoms with Crippen LogP contribution in [-0.4, -0.2) is 78.8 Å². The number of hydrogen-bond acceptors (Lipinski definition) is 5. The van der Waals surface area contributed by atoms with Gasteiger partial charge >= 0.3 is 0 Å². The molecule has 0 saturated carbocycles. The first kappa shape index (κ1) is 35.9. The van der Waals surface area contributed by atoms with Crippen molar-refractivity contribution in [1.82, 2.24) is 14.7 Å². The summed E-state index contributed by atoms with van der Waals surface area (Å²) in [5.41, 5.74) is 1.15. The van der Waals surface area contributed by atoms with E-state index in [0.717, 1.165) is 24.0 Å². The summed E-state index contributed by atoms with van der Waals surface area (Å²) in [6, 6.07) is 17.7. The molecule has 258 valence electrons. The summed E-state index contributed by atoms with van der Waals surface area (Å²) in [5.74, 6) is -1.73. The number of benzene rings is 2. The molecule has 3 heterocycles. The van der Waals surface area contributed by atoms with E-state index in [1.54, 1.807) is 33.7 Å². The number of thioether (sulfide) groups is 1. The van der Waals surface area contributed by atoms with Gasteiger partial charge in [-0.15, -0.1) is 24.9 Å². The molecule has 7 atom stereocenters. The van der Waals surface area contributed by atoms with Gasteiger partial charge in [0.05, 0.1) is 29.2 Å². The van der Waals surface area contributed by atoms with E-state index in [-0.39, 0.29) is 40.9 Å². The number of aliphatic hydroxyl groups is 1. The Labute approximate surface area is 291 Å². The molecule has 5 rings (SSSR count). The average Bonchev–Trinajstić information content (AvgIpc) is 3.63. The van der Waals surface area contributed by atoms with Gasteiger partial charge in [0.25, 0.3) is 0 Å². The highest BCUT2D eigenvalue weighted by Crippen LogP contribution is 2.69. The lowest BCUT2D eigenvalue weighted by Crippen LogP contribution is -2.62. The third-order valence-corrected chi connectivity index (χ3v) is 12.6. The van der Waals surface area contributed by atoms with E-state index in [4.69, 9.17) is 0 Å². The van der Waals surface area contributed by atoms with Crippen LogP contribution in [0.1, 0.15) is 71.6 Å². The van der Waals surface area contributed by atoms with Crippen molar-refractivity contribution in [2.75, 3.05) is 19.7 Å². The van der Waals surface area contributed by atoms with Crippen molar-refractivity contribution in [2.45, 2.75) is 88.5 Å². The molecule has 2 bridgehead atoms. The fraction of sp³-hybridized carbons (Fsp3) is 0.525. The topological polar surface area (TPSA) is 81.2 Å². The van der Waals surface area contributed by atoms with Crippen molar-refractivity contribution in [3.63, 3.8) is 0 Å². The van der Waals surface area contributed by atoms with Crippen LogP contribution in [0.5, 0.6) is 0 Å². The van der Waals surface area contributed by atoms with E-state index in [0.29, 0.717) is 19.6 Å². The van der Waals surface area contributed by atoms with Gasteiger partial charge in [-0.25, -0.2) is 0 Å². The van der Waals surface area contributed by atoms with E-state index in [1.807, 2.05) is 65.6 Å². The van der Waals surface area contributed by atoms with E-state index in [1.165, 1.54) is 0 Å². The van der Waals surface area contributed by atoms with Crippen LogP contribution < -0.4 is 0 Å². The Balaban J connectivity index is 1.64. The standard InChI is InChI=1S/C40H53N3O4S/c1-9-21-41(24-28-17-13-11-14-18-28)35(45)32-31-23-27(3)40(48-31)33(32)36(46)43(30(25-44)29-19-15-12-16-20-29)34(40)37(47)42(22-10-2)39(7,8)26-38(4,5)6/h9-20,27,30-34,44H,1-2,21-26H2,3-8H3/t27?,30-,31+,32-,33+,34?,40?/m1/s1. The lowest BCUT2D eigenvalue weighted by Gasteiger charge is -2.47. The molecule has 1 spiro atoms. The van der Waals surface area contributed by atoms with Crippen molar-refractivity contribution in [2.24, 2.45) is 23.2 Å². The van der Waals surface area contributed by atoms with E-state index < -0.39 is 34.2 Å². The van der Waals surface area contributed by atoms with Gasteiger partial charge in [0.2, 0.25) is 17.7 Å². The Kier molecular flexibility index (Phi) is 10.4. The van der Waals surface area contributed by atoms with E-state index >= 15 is 9.59 Å². The molecular weight excluding hydrogens is 619 g/mol. The molecular formula is C40H53N3O4S. The van der Waals surface area contributed by atoms with Gasteiger partial charge in [-0.1, -0.05) is 101 Å². The van der Waals surface area contributed by atoms with Crippen LogP contribution in [0.25, 0.3) is 0 Å². The molecule has 0 radical (unpaired) electrons. The fourth-order valence-corrected chi connectivity index (χ4v) is 11.5. The Hall–Kier alpha value is -3.36. The maximum absolute atomic E-state index is 15.4. The van der Waals surface area contributed by atoms with Crippen LogP contribution in [-0.2, 0) is 20.9 Å². The fourth-order valence-electron chi connectivity index (χ4n) is 9.09. The van der Waals surface area contributed by atoms with Gasteiger partial charge < -0.3 is 19.8 Å². The average molecular weight is 672 g/mol. The highest BCUT2D eigenvalue weighted by atomic mass is 32.2. The predicted octanol–water partition coefficient (Wildman–Crippen LogP) is 6.50. The summed E-state index contributed by atoms with van der Waals surface area (Å²) in [7, 11) is 0. The quantitative estimate of drug-likeness (QED) is 0.246. The van der Waals surface area contributed by atoms with Gasteiger partial charge in [0, 0.05) is 30.4 Å². The summed E-state index contributed by atoms with van der Waals surface area (Å²) in [6.07, 6.45) is 4.96. The first-order valence-electron chi connectivity index (χ1n) is 17.2. The minimum Gasteiger partial charge on any atom is -0.394 e. The second kappa shape index (κ2) is 13.9. The van der Waals surface area contributed by atoms with Crippen molar-refractivity contribution in [3.8, 4) is 0 Å². The normalized spacial score (nSPS) is 27.0. The van der Waals surface area contributed by atoms with Crippen LogP contribution in [0.15, 0.2) is 86.0 Å². The van der Waals surface area contributed by atoms with Crippen molar-refractivity contribution in [3.05, 3.63) is 97.1 Å². The Morgan fingerprint density at radius 3 is 2.17 bits per heavy atom. The predicted molar refractivity (Wildman–Crippen MR) is 194 cm³/mol. The lowest BCUT2D eigenvalue weighted by molar-refractivity contribution is -0.150. The second-order valence-electron chi connectivity index (χ2n) is 15.7. The molecule has 3 unspecified atom stereocenters. The molecule has 0 aromatic heterocycles. The molecule has 48 heavy (non-hydrogen) atoms. The number of fused-ring (bicyclic) bond motifs is 1. The molecule has 2 aromatic rings. The maximum atomic E-state index is 15.4. The monoisotopic (exact) mass is 671 g/mol. The molecule has 0 aliphatic carbocycles. The van der Waals surface area contributed by atoms with E-state index in [9.17, 15) is 9.90 Å². The zero-order chi connectivity index (χ0) is 35.0. The summed E-state index contributed by atoms with van der Waals surface area (Å²) in [5, 5.41) is 10.9. The number of amides is 3. The third-order valence-electron chi connectivity index (χ3n) is 10.5. The lowest BCUT2D eigenvalue weighted by atomic mass is 9.65. The van der Waals surface area contributed by atoms with Crippen LogP contribution in [0.2, 0.25) is 0 Å². The molecule has 3 amide bonds. The molecule has 3 aliphatic rings. The summed E-state index contributed by atoms with van der Waals surface area (Å²) in [4.78, 5) is 50.6. The Morgan fingerprint density at radius 2 is 1.60 bits per heavy atom. The maximum Gasteiger partial charge on any atom is 0.247 e. The first-order valence-corrected chi connectivity index (χ1v) is 18.1. The smallest absolute Gasteiger partial charge is 0.247 e. The summed E-state index contributed by atoms with van der Waals surface area (Å²) >= 11 is 1.67. The number of carbonyl (C=O) groups is 3. The van der Waals surface area contributed by atoms with Crippen LogP contribution in [0, 0.1) is 23.2 Å². The minimum atomic E-state index is -0.865. The SMILES string of the molecule is C=CCN(Cc1ccccc1)C(=O)[C@@H]1[C@@H]2CC(C)C3(S2)C(C(=O)N(CC=C)C(C)(C)CC(C)(C)C)N([C@H](CO)c2ccccc2)C(=O)[C@H]13. The number of rotatable bonds is 13. The van der Waals surface area contributed by atoms with Crippen LogP contribution in [0.4, 0.5) is 0 Å². The highest BCUT2D eigenvalue weighted by molar-refractivity contribution is 8.02. The molecule has 3 aliphatic heterocycles. The van der Waals surface area contributed by atoms with Gasteiger partial charge in [0.1, 0.15) is 6.04 Å². The highest BCUT2D eigenvalue weighted by Gasteiger charge is 2.77. The van der Waals surface area contributed by atoms with Crippen molar-refractivity contribution in [1.29, 1.82) is 0 Å². The molecule has 8 heteroatoms. The van der Waals surface area contributed by atoms with Gasteiger partial charge in [-0.2, -0.15) is 0 Å². The molecule has 3 saturated heterocycles. The second-order valence-corrected chi connectivity index (χ2v) is 17.2. The van der Waals surface area contributed by atoms with Crippen LogP contribution >= 0.6 is 11.8 Å². The zero-order valence-corrected chi connectivity index (χ0v) is 30.3. The number of likely N-dealkylation sites (tertiary alicyclic amines) is 1. The first-order chi connectivity index (χ1) is 22.7. The molecule has 3 fully saturated rings. The molecule has 7 nitrogen and oxygen atoms in total. The Morgan fingerprint density at radius 1 is 1.00 bits per heavy atom. The summed E-state index contributed by atoms with van der Waals surface area (Å²) < 4.78 is -0.828. The number of nitrogens with zero attached hydrogens (tertiary/aromatic N) is 3. The Bertz CT molecular complexity index is 1510. The van der Waals surface area contributed by atoms with Crippen molar-refractivity contribution < 1.29 is 19.5 Å². The third kappa shape index (κ3) is 6.38. The number of aliphatic hydroxyl groups excluding tert-OH is 1. The van der Waals surface area contributed by atoms with Crippen LogP contribution in [0.3, 0.4) is 0 Å². The van der Waals surface area contributed by atoms with E-state index in [2.05, 4.69) is 54.7 Å². The minimum absolute atomic E-state index is 0.00199. The van der Waals surface area contributed by atoms with Gasteiger partial charge in [-0.05, 0) is 49.1 Å². The largest absolute Gasteiger partial charge is 0.394 e.